The number of aromatic carboxylic acids is 1. The van der Waals surface area contributed by atoms with Crippen molar-refractivity contribution in [2.24, 2.45) is 4.99 Å². The Balaban J connectivity index is 1.48. The summed E-state index contributed by atoms with van der Waals surface area (Å²) in [5.41, 5.74) is 2.92. The van der Waals surface area contributed by atoms with Crippen molar-refractivity contribution in [2.45, 2.75) is 46.4 Å². The second-order valence-electron chi connectivity index (χ2n) is 10.7. The number of benzene rings is 3. The van der Waals surface area contributed by atoms with E-state index < -0.39 is 18.0 Å². The van der Waals surface area contributed by atoms with Gasteiger partial charge in [0.15, 0.2) is 16.3 Å². The van der Waals surface area contributed by atoms with E-state index in [2.05, 4.69) is 4.99 Å². The molecule has 0 radical (unpaired) electrons. The molecule has 5 rings (SSSR count). The third-order valence-corrected chi connectivity index (χ3v) is 8.15. The molecule has 0 saturated carbocycles. The summed E-state index contributed by atoms with van der Waals surface area (Å²) in [6.45, 7) is 7.75. The monoisotopic (exact) mass is 642 g/mol. The highest BCUT2D eigenvalue weighted by molar-refractivity contribution is 7.07. The van der Waals surface area contributed by atoms with Gasteiger partial charge in [-0.15, -0.1) is 0 Å². The van der Waals surface area contributed by atoms with Crippen LogP contribution in [0.5, 0.6) is 17.2 Å². The topological polar surface area (TPSA) is 126 Å². The predicted octanol–water partition coefficient (Wildman–Crippen LogP) is 4.87. The Bertz CT molecular complexity index is 1970. The average Bonchev–Trinajstić information content (AvgIpc) is 3.33. The first-order valence-corrected chi connectivity index (χ1v) is 15.5. The Hall–Kier alpha value is -5.16. The first-order valence-electron chi connectivity index (χ1n) is 14.7. The van der Waals surface area contributed by atoms with Crippen LogP contribution in [0.15, 0.2) is 87.8 Å². The van der Waals surface area contributed by atoms with E-state index in [4.69, 9.17) is 24.1 Å². The van der Waals surface area contributed by atoms with Crippen LogP contribution in [0, 0.1) is 0 Å². The number of nitrogens with zero attached hydrogens (tertiary/aromatic N) is 2. The number of carboxylic acids is 1. The quantitative estimate of drug-likeness (QED) is 0.230. The minimum absolute atomic E-state index is 0.0758. The van der Waals surface area contributed by atoms with Gasteiger partial charge in [-0.05, 0) is 86.9 Å². The third-order valence-electron chi connectivity index (χ3n) is 7.17. The molecule has 0 unspecified atom stereocenters. The van der Waals surface area contributed by atoms with E-state index in [-0.39, 0.29) is 36.0 Å². The molecule has 46 heavy (non-hydrogen) atoms. The number of esters is 1. The summed E-state index contributed by atoms with van der Waals surface area (Å²) in [7, 11) is 1.54. The zero-order valence-corrected chi connectivity index (χ0v) is 26.9. The lowest BCUT2D eigenvalue weighted by atomic mass is 9.95. The van der Waals surface area contributed by atoms with E-state index in [0.717, 1.165) is 11.1 Å². The molecule has 0 aliphatic carbocycles. The molecule has 0 spiro atoms. The summed E-state index contributed by atoms with van der Waals surface area (Å²) in [6, 6.07) is 18.3. The van der Waals surface area contributed by atoms with Gasteiger partial charge in [-0.1, -0.05) is 41.7 Å². The summed E-state index contributed by atoms with van der Waals surface area (Å²) >= 11 is 1.24. The zero-order chi connectivity index (χ0) is 33.0. The van der Waals surface area contributed by atoms with Gasteiger partial charge in [-0.3, -0.25) is 9.36 Å². The molecule has 3 aromatic carbocycles. The van der Waals surface area contributed by atoms with Crippen molar-refractivity contribution in [1.29, 1.82) is 0 Å². The Morgan fingerprint density at radius 1 is 1.04 bits per heavy atom. The summed E-state index contributed by atoms with van der Waals surface area (Å²) < 4.78 is 24.7. The number of thiazole rings is 1. The molecule has 238 valence electrons. The lowest BCUT2D eigenvalue weighted by molar-refractivity contribution is -0.139. The van der Waals surface area contributed by atoms with Gasteiger partial charge in [0, 0.05) is 0 Å². The van der Waals surface area contributed by atoms with Crippen LogP contribution in [-0.2, 0) is 16.1 Å². The maximum atomic E-state index is 14.0. The summed E-state index contributed by atoms with van der Waals surface area (Å²) in [6.07, 6.45) is 1.70. The highest BCUT2D eigenvalue weighted by atomic mass is 32.1. The normalized spacial score (nSPS) is 14.5. The molecule has 2 heterocycles. The zero-order valence-electron chi connectivity index (χ0n) is 26.1. The Kier molecular flexibility index (Phi) is 9.72. The summed E-state index contributed by atoms with van der Waals surface area (Å²) in [5.74, 6) is 0.125. The fourth-order valence-electron chi connectivity index (χ4n) is 5.03. The number of carboxylic acid groups (broad SMARTS) is 1. The molecule has 4 aromatic rings. The lowest BCUT2D eigenvalue weighted by Crippen LogP contribution is -2.40. The minimum Gasteiger partial charge on any atom is -0.493 e. The van der Waals surface area contributed by atoms with E-state index in [0.29, 0.717) is 37.8 Å². The van der Waals surface area contributed by atoms with Gasteiger partial charge in [-0.25, -0.2) is 14.6 Å². The summed E-state index contributed by atoms with van der Waals surface area (Å²) in [5, 5.41) is 9.07. The number of allylic oxidation sites excluding steroid dienone is 1. The Morgan fingerprint density at radius 3 is 2.39 bits per heavy atom. The molecule has 1 aliphatic heterocycles. The number of ether oxygens (including phenoxy) is 4. The van der Waals surface area contributed by atoms with Crippen molar-refractivity contribution in [2.75, 3.05) is 13.7 Å². The van der Waals surface area contributed by atoms with Gasteiger partial charge in [0.05, 0.1) is 47.2 Å². The van der Waals surface area contributed by atoms with E-state index in [9.17, 15) is 14.4 Å². The number of rotatable bonds is 11. The van der Waals surface area contributed by atoms with Crippen LogP contribution < -0.4 is 29.1 Å². The lowest BCUT2D eigenvalue weighted by Gasteiger charge is -2.25. The molecular formula is C35H34N2O8S. The first kappa shape index (κ1) is 32.2. The van der Waals surface area contributed by atoms with Gasteiger partial charge < -0.3 is 24.1 Å². The average molecular weight is 643 g/mol. The van der Waals surface area contributed by atoms with E-state index >= 15 is 0 Å². The van der Waals surface area contributed by atoms with Gasteiger partial charge >= 0.3 is 11.9 Å². The van der Waals surface area contributed by atoms with E-state index in [1.54, 1.807) is 63.4 Å². The van der Waals surface area contributed by atoms with Crippen molar-refractivity contribution in [1.82, 2.24) is 4.57 Å². The third kappa shape index (κ3) is 6.89. The molecule has 0 amide bonds. The van der Waals surface area contributed by atoms with Crippen molar-refractivity contribution in [3.05, 3.63) is 120 Å². The van der Waals surface area contributed by atoms with Crippen molar-refractivity contribution in [3.8, 4) is 17.2 Å². The van der Waals surface area contributed by atoms with Crippen LogP contribution >= 0.6 is 11.3 Å². The van der Waals surface area contributed by atoms with Crippen LogP contribution in [-0.4, -0.2) is 41.4 Å². The second kappa shape index (κ2) is 13.9. The second-order valence-corrected chi connectivity index (χ2v) is 11.7. The Morgan fingerprint density at radius 2 is 1.76 bits per heavy atom. The fourth-order valence-corrected chi connectivity index (χ4v) is 6.08. The smallest absolute Gasteiger partial charge is 0.338 e. The Labute approximate surface area is 269 Å². The van der Waals surface area contributed by atoms with Gasteiger partial charge in [0.2, 0.25) is 0 Å². The van der Waals surface area contributed by atoms with Crippen LogP contribution in [0.3, 0.4) is 0 Å². The van der Waals surface area contributed by atoms with Crippen LogP contribution in [0.4, 0.5) is 0 Å². The highest BCUT2D eigenvalue weighted by Gasteiger charge is 2.34. The molecule has 10 nitrogen and oxygen atoms in total. The van der Waals surface area contributed by atoms with Gasteiger partial charge in [0.25, 0.3) is 5.56 Å². The molecule has 0 saturated heterocycles. The van der Waals surface area contributed by atoms with Crippen LogP contribution in [0.25, 0.3) is 6.08 Å². The number of carbonyl (C=O) groups is 2. The summed E-state index contributed by atoms with van der Waals surface area (Å²) in [4.78, 5) is 43.4. The molecular weight excluding hydrogens is 608 g/mol. The minimum atomic E-state index is -0.980. The number of aromatic nitrogens is 1. The SMILES string of the molecule is CCOC(=O)C1=C(C)N=c2s/c(=C\c3ccc(OCc4ccc(C(=O)O)cc4)cc3)c(=O)n2[C@@H]1c1ccc(OC(C)C)c(OC)c1. The predicted molar refractivity (Wildman–Crippen MR) is 173 cm³/mol. The molecule has 0 fully saturated rings. The first-order chi connectivity index (χ1) is 22.1. The molecule has 1 N–H and O–H groups in total. The molecule has 11 heteroatoms. The van der Waals surface area contributed by atoms with Crippen LogP contribution in [0.1, 0.15) is 60.8 Å². The maximum absolute atomic E-state index is 14.0. The van der Waals surface area contributed by atoms with Crippen molar-refractivity contribution < 1.29 is 33.6 Å². The molecule has 1 aliphatic rings. The highest BCUT2D eigenvalue weighted by Crippen LogP contribution is 2.36. The van der Waals surface area contributed by atoms with Crippen LogP contribution in [0.2, 0.25) is 0 Å². The molecule has 0 bridgehead atoms. The molecule has 1 aromatic heterocycles. The number of hydrogen-bond acceptors (Lipinski definition) is 9. The number of methoxy groups -OCH3 is 1. The maximum Gasteiger partial charge on any atom is 0.338 e. The fraction of sp³-hybridized carbons (Fsp3) is 0.257. The largest absolute Gasteiger partial charge is 0.493 e. The number of fused-ring (bicyclic) bond motifs is 1. The van der Waals surface area contributed by atoms with Crippen molar-refractivity contribution in [3.63, 3.8) is 0 Å². The standard InChI is InChI=1S/C35H34N2O8S/c1-6-43-34(41)30-21(4)36-35-37(31(30)25-13-16-27(45-20(2)3)28(18-25)42-5)32(38)29(46-35)17-22-9-14-26(15-10-22)44-19-23-7-11-24(12-8-23)33(39)40/h7-18,20,31H,6,19H2,1-5H3,(H,39,40)/b29-17-/t31-/m1/s1. The van der Waals surface area contributed by atoms with Gasteiger partial charge in [0.1, 0.15) is 12.4 Å². The van der Waals surface area contributed by atoms with Gasteiger partial charge in [-0.2, -0.15) is 0 Å². The van der Waals surface area contributed by atoms with E-state index in [1.165, 1.54) is 28.0 Å². The van der Waals surface area contributed by atoms with E-state index in [1.807, 2.05) is 32.0 Å². The molecule has 1 atom stereocenters. The van der Waals surface area contributed by atoms with Crippen molar-refractivity contribution >= 4 is 29.4 Å². The number of hydrogen-bond donors (Lipinski definition) is 1. The number of carbonyl (C=O) groups excluding carboxylic acids is 1.